The summed E-state index contributed by atoms with van der Waals surface area (Å²) in [6, 6.07) is 9.00. The summed E-state index contributed by atoms with van der Waals surface area (Å²) in [5.41, 5.74) is 3.13. The normalized spacial score (nSPS) is 31.9. The Balaban J connectivity index is 1.91. The summed E-state index contributed by atoms with van der Waals surface area (Å²) in [4.78, 5) is 0. The van der Waals surface area contributed by atoms with E-state index in [2.05, 4.69) is 30.8 Å². The van der Waals surface area contributed by atoms with Gasteiger partial charge >= 0.3 is 0 Å². The van der Waals surface area contributed by atoms with E-state index in [1.807, 2.05) is 6.08 Å². The van der Waals surface area contributed by atoms with E-state index in [1.54, 1.807) is 5.56 Å². The van der Waals surface area contributed by atoms with Crippen LogP contribution in [0, 0.1) is 11.8 Å². The van der Waals surface area contributed by atoms with Gasteiger partial charge in [0.05, 0.1) is 0 Å². The highest BCUT2D eigenvalue weighted by Gasteiger charge is 2.40. The zero-order chi connectivity index (χ0) is 11.0. The Hall–Kier alpha value is -1.04. The van der Waals surface area contributed by atoms with Crippen LogP contribution in [-0.4, -0.2) is 0 Å². The molecule has 0 heteroatoms. The second-order valence-corrected chi connectivity index (χ2v) is 5.47. The molecule has 0 amide bonds. The lowest BCUT2D eigenvalue weighted by atomic mass is 9.81. The highest BCUT2D eigenvalue weighted by atomic mass is 14.4. The minimum Gasteiger partial charge on any atom is -0.103 e. The van der Waals surface area contributed by atoms with Crippen molar-refractivity contribution >= 4 is 0 Å². The van der Waals surface area contributed by atoms with Gasteiger partial charge in [0.15, 0.2) is 0 Å². The van der Waals surface area contributed by atoms with E-state index in [4.69, 9.17) is 0 Å². The molecule has 0 aliphatic heterocycles. The zero-order valence-electron chi connectivity index (χ0n) is 9.86. The van der Waals surface area contributed by atoms with E-state index in [1.165, 1.54) is 31.2 Å². The Morgan fingerprint density at radius 3 is 2.75 bits per heavy atom. The molecule has 0 N–H and O–H groups in total. The Labute approximate surface area is 98.4 Å². The molecule has 3 rings (SSSR count). The van der Waals surface area contributed by atoms with Gasteiger partial charge in [0.2, 0.25) is 0 Å². The molecule has 0 nitrogen and oxygen atoms in total. The van der Waals surface area contributed by atoms with Crippen LogP contribution in [0.25, 0.3) is 0 Å². The predicted octanol–water partition coefficient (Wildman–Crippen LogP) is 4.32. The van der Waals surface area contributed by atoms with Crippen molar-refractivity contribution in [3.8, 4) is 0 Å². The van der Waals surface area contributed by atoms with Gasteiger partial charge < -0.3 is 0 Å². The average Bonchev–Trinajstić information content (AvgIpc) is 2.92. The first-order chi connectivity index (χ1) is 7.88. The van der Waals surface area contributed by atoms with Crippen LogP contribution < -0.4 is 0 Å². The van der Waals surface area contributed by atoms with E-state index in [-0.39, 0.29) is 0 Å². The van der Waals surface area contributed by atoms with Gasteiger partial charge in [-0.05, 0) is 54.6 Å². The molecule has 0 aromatic heterocycles. The van der Waals surface area contributed by atoms with Crippen molar-refractivity contribution in [1.29, 1.82) is 0 Å². The lowest BCUT2D eigenvalue weighted by Gasteiger charge is -2.24. The van der Waals surface area contributed by atoms with E-state index >= 15 is 0 Å². The summed E-state index contributed by atoms with van der Waals surface area (Å²) in [7, 11) is 0. The lowest BCUT2D eigenvalue weighted by molar-refractivity contribution is 0.418. The zero-order valence-corrected chi connectivity index (χ0v) is 9.86. The third-order valence-electron chi connectivity index (χ3n) is 4.56. The molecular weight excluding hydrogens is 192 g/mol. The van der Waals surface area contributed by atoms with Crippen LogP contribution in [0.1, 0.15) is 42.7 Å². The minimum atomic E-state index is 0.856. The smallest absolute Gasteiger partial charge is 0.00973 e. The first-order valence-electron chi connectivity index (χ1n) is 6.57. The molecule has 1 aromatic rings. The number of allylic oxidation sites excluding steroid dienone is 1. The van der Waals surface area contributed by atoms with Crippen molar-refractivity contribution in [2.24, 2.45) is 11.8 Å². The van der Waals surface area contributed by atoms with Crippen molar-refractivity contribution < 1.29 is 0 Å². The molecule has 1 unspecified atom stereocenters. The second-order valence-electron chi connectivity index (χ2n) is 5.47. The van der Waals surface area contributed by atoms with E-state index in [0.717, 1.165) is 24.2 Å². The van der Waals surface area contributed by atoms with Crippen LogP contribution in [0.3, 0.4) is 0 Å². The largest absolute Gasteiger partial charge is 0.103 e. The highest BCUT2D eigenvalue weighted by Crippen LogP contribution is 2.53. The van der Waals surface area contributed by atoms with Crippen molar-refractivity contribution in [2.45, 2.75) is 38.0 Å². The second kappa shape index (κ2) is 4.08. The fraction of sp³-hybridized carbons (Fsp3) is 0.500. The van der Waals surface area contributed by atoms with Gasteiger partial charge in [-0.2, -0.15) is 0 Å². The Morgan fingerprint density at radius 2 is 2.06 bits per heavy atom. The van der Waals surface area contributed by atoms with E-state index in [0.29, 0.717) is 0 Å². The number of hydrogen-bond acceptors (Lipinski definition) is 0. The Bertz CT molecular complexity index is 391. The maximum absolute atomic E-state index is 3.87. The fourth-order valence-electron chi connectivity index (χ4n) is 3.86. The van der Waals surface area contributed by atoms with Crippen LogP contribution in [0.4, 0.5) is 0 Å². The number of hydrogen-bond donors (Lipinski definition) is 0. The van der Waals surface area contributed by atoms with Gasteiger partial charge in [0.1, 0.15) is 0 Å². The Kier molecular flexibility index (Phi) is 2.59. The van der Waals surface area contributed by atoms with Gasteiger partial charge in [-0.25, -0.2) is 0 Å². The molecule has 0 saturated heterocycles. The molecule has 0 spiro atoms. The molecule has 2 aliphatic carbocycles. The Morgan fingerprint density at radius 1 is 1.19 bits per heavy atom. The standard InChI is InChI=1S/C16H20/c1-2-5-13-6-3-4-7-15(13)16-11-12-8-9-14(16)10-12/h2-4,6-7,12,14,16H,1,5,8-11H2/t12-,14+,16?/m1/s1. The van der Waals surface area contributed by atoms with Crippen LogP contribution in [0.15, 0.2) is 36.9 Å². The van der Waals surface area contributed by atoms with Crippen molar-refractivity contribution in [3.63, 3.8) is 0 Å². The van der Waals surface area contributed by atoms with Gasteiger partial charge in [-0.1, -0.05) is 36.8 Å². The maximum Gasteiger partial charge on any atom is -0.00973 e. The van der Waals surface area contributed by atoms with Crippen molar-refractivity contribution in [2.75, 3.05) is 0 Å². The van der Waals surface area contributed by atoms with Gasteiger partial charge in [-0.15, -0.1) is 6.58 Å². The third kappa shape index (κ3) is 1.61. The van der Waals surface area contributed by atoms with Gasteiger partial charge in [0.25, 0.3) is 0 Å². The molecule has 3 atom stereocenters. The maximum atomic E-state index is 3.87. The molecule has 2 bridgehead atoms. The molecule has 84 valence electrons. The summed E-state index contributed by atoms with van der Waals surface area (Å²) < 4.78 is 0. The predicted molar refractivity (Wildman–Crippen MR) is 68.5 cm³/mol. The highest BCUT2D eigenvalue weighted by molar-refractivity contribution is 5.33. The fourth-order valence-corrected chi connectivity index (χ4v) is 3.86. The number of benzene rings is 1. The van der Waals surface area contributed by atoms with Crippen LogP contribution in [0.2, 0.25) is 0 Å². The van der Waals surface area contributed by atoms with E-state index in [9.17, 15) is 0 Å². The molecule has 16 heavy (non-hydrogen) atoms. The first kappa shape index (κ1) is 10.1. The topological polar surface area (TPSA) is 0 Å². The minimum absolute atomic E-state index is 0.856. The van der Waals surface area contributed by atoms with Crippen LogP contribution in [-0.2, 0) is 6.42 Å². The number of fused-ring (bicyclic) bond motifs is 2. The van der Waals surface area contributed by atoms with Crippen molar-refractivity contribution in [1.82, 2.24) is 0 Å². The van der Waals surface area contributed by atoms with E-state index < -0.39 is 0 Å². The molecule has 0 radical (unpaired) electrons. The summed E-state index contributed by atoms with van der Waals surface area (Å²) in [5.74, 6) is 2.87. The summed E-state index contributed by atoms with van der Waals surface area (Å²) >= 11 is 0. The van der Waals surface area contributed by atoms with Gasteiger partial charge in [-0.3, -0.25) is 0 Å². The summed E-state index contributed by atoms with van der Waals surface area (Å²) in [6.45, 7) is 3.87. The average molecular weight is 212 g/mol. The molecule has 1 aromatic carbocycles. The third-order valence-corrected chi connectivity index (χ3v) is 4.56. The summed E-state index contributed by atoms with van der Waals surface area (Å²) in [6.07, 6.45) is 8.96. The number of rotatable bonds is 3. The monoisotopic (exact) mass is 212 g/mol. The molecule has 0 heterocycles. The molecular formula is C16H20. The van der Waals surface area contributed by atoms with Crippen molar-refractivity contribution in [3.05, 3.63) is 48.0 Å². The van der Waals surface area contributed by atoms with Crippen LogP contribution in [0.5, 0.6) is 0 Å². The lowest BCUT2D eigenvalue weighted by Crippen LogP contribution is -2.10. The SMILES string of the molecule is C=CCc1ccccc1C1C[C@@H]2CC[C@H]1C2. The molecule has 2 aliphatic rings. The molecule has 2 saturated carbocycles. The first-order valence-corrected chi connectivity index (χ1v) is 6.57. The van der Waals surface area contributed by atoms with Crippen LogP contribution >= 0.6 is 0 Å². The quantitative estimate of drug-likeness (QED) is 0.655. The summed E-state index contributed by atoms with van der Waals surface area (Å²) in [5, 5.41) is 0. The molecule has 2 fully saturated rings. The van der Waals surface area contributed by atoms with Gasteiger partial charge in [0, 0.05) is 0 Å².